The minimum absolute atomic E-state index is 0.0343. The highest BCUT2D eigenvalue weighted by atomic mass is 35.5. The van der Waals surface area contributed by atoms with Crippen LogP contribution in [0.25, 0.3) is 11.3 Å². The second-order valence-electron chi connectivity index (χ2n) is 11.0. The number of carboxylic acids is 1. The van der Waals surface area contributed by atoms with Crippen molar-refractivity contribution in [2.24, 2.45) is 5.41 Å². The molecule has 1 saturated carbocycles. The number of hydrogen-bond donors (Lipinski definition) is 3. The van der Waals surface area contributed by atoms with E-state index in [1.807, 2.05) is 27.7 Å². The Balaban J connectivity index is 1.61. The van der Waals surface area contributed by atoms with Gasteiger partial charge in [0.25, 0.3) is 0 Å². The van der Waals surface area contributed by atoms with Gasteiger partial charge in [0, 0.05) is 24.7 Å². The number of aromatic amines is 1. The van der Waals surface area contributed by atoms with Crippen molar-refractivity contribution in [3.8, 4) is 11.3 Å². The number of amides is 1. The number of nitrogens with zero attached hydrogens (tertiary/aromatic N) is 1. The molecule has 2 heterocycles. The van der Waals surface area contributed by atoms with Crippen molar-refractivity contribution in [2.75, 3.05) is 18.0 Å². The quantitative estimate of drug-likeness (QED) is 0.334. The third-order valence-electron chi connectivity index (χ3n) is 7.53. The largest absolute Gasteiger partial charge is 0.477 e. The number of halogens is 2. The highest BCUT2D eigenvalue weighted by molar-refractivity contribution is 7.71. The van der Waals surface area contributed by atoms with E-state index in [-0.39, 0.29) is 23.2 Å². The lowest BCUT2D eigenvalue weighted by molar-refractivity contribution is 0.0441. The normalized spacial score (nSPS) is 19.2. The van der Waals surface area contributed by atoms with Gasteiger partial charge in [0.05, 0.1) is 25.9 Å². The Hall–Kier alpha value is -2.29. The van der Waals surface area contributed by atoms with Gasteiger partial charge in [-0.1, -0.05) is 54.0 Å². The number of alkyl carbamates (subject to hydrolysis) is 1. The first kappa shape index (κ1) is 27.7. The predicted octanol–water partition coefficient (Wildman–Crippen LogP) is 7.39. The summed E-state index contributed by atoms with van der Waals surface area (Å²) in [6.07, 6.45) is 4.22. The number of carboxylic acid groups (broad SMARTS) is 1. The minimum Gasteiger partial charge on any atom is -0.477 e. The van der Waals surface area contributed by atoms with Crippen LogP contribution in [-0.4, -0.2) is 46.9 Å². The first-order chi connectivity index (χ1) is 17.3. The second-order valence-corrected chi connectivity index (χ2v) is 12.2. The molecule has 1 spiro atoms. The molecule has 1 aromatic heterocycles. The first-order valence-electron chi connectivity index (χ1n) is 12.5. The zero-order valence-corrected chi connectivity index (χ0v) is 23.9. The molecule has 37 heavy (non-hydrogen) atoms. The smallest absolute Gasteiger partial charge is 0.407 e. The molecular formula is C27H33Cl2N3O4S. The van der Waals surface area contributed by atoms with Crippen LogP contribution in [0.15, 0.2) is 18.2 Å². The van der Waals surface area contributed by atoms with E-state index in [0.29, 0.717) is 44.6 Å². The molecule has 2 fully saturated rings. The highest BCUT2D eigenvalue weighted by Crippen LogP contribution is 2.48. The number of anilines is 1. The van der Waals surface area contributed by atoms with Crippen molar-refractivity contribution in [1.29, 1.82) is 0 Å². The molecule has 1 amide bonds. The second kappa shape index (κ2) is 10.5. The van der Waals surface area contributed by atoms with Gasteiger partial charge in [-0.05, 0) is 70.4 Å². The summed E-state index contributed by atoms with van der Waals surface area (Å²) >= 11 is 18.5. The number of rotatable bonds is 4. The van der Waals surface area contributed by atoms with Gasteiger partial charge in [-0.25, -0.2) is 9.59 Å². The van der Waals surface area contributed by atoms with E-state index in [2.05, 4.69) is 15.2 Å². The molecule has 1 aliphatic heterocycles. The van der Waals surface area contributed by atoms with E-state index in [9.17, 15) is 14.7 Å². The van der Waals surface area contributed by atoms with E-state index in [1.165, 1.54) is 0 Å². The molecule has 2 aliphatic rings. The maximum Gasteiger partial charge on any atom is 0.407 e. The highest BCUT2D eigenvalue weighted by Gasteiger charge is 2.46. The molecule has 1 aliphatic carbocycles. The van der Waals surface area contributed by atoms with Crippen molar-refractivity contribution in [3.63, 3.8) is 0 Å². The topological polar surface area (TPSA) is 94.7 Å². The van der Waals surface area contributed by atoms with Crippen LogP contribution in [0.3, 0.4) is 0 Å². The average Bonchev–Trinajstić information content (AvgIpc) is 3.18. The van der Waals surface area contributed by atoms with E-state index in [1.54, 1.807) is 18.2 Å². The van der Waals surface area contributed by atoms with Gasteiger partial charge in [0.1, 0.15) is 11.3 Å². The molecule has 1 aromatic carbocycles. The zero-order chi connectivity index (χ0) is 27.1. The molecule has 4 rings (SSSR count). The van der Waals surface area contributed by atoms with Gasteiger partial charge in [0.15, 0.2) is 0 Å². The standard InChI is InChI=1S/C27H33Cl2N3O4S/c1-15-20(16-7-5-8-17(28)19(16)29)31-21(24(33)34)22(23(15)37)32-13-11-27(12-14-32)10-6-9-18(27)30-25(35)36-26(2,3)4/h5,7-8,18H,6,9-14H2,1-4H3,(H,30,35)(H,31,37)(H,33,34)/t18-/m1/s1. The van der Waals surface area contributed by atoms with Crippen LogP contribution >= 0.6 is 35.4 Å². The van der Waals surface area contributed by atoms with Gasteiger partial charge in [-0.15, -0.1) is 0 Å². The van der Waals surface area contributed by atoms with Crippen LogP contribution in [0, 0.1) is 16.8 Å². The summed E-state index contributed by atoms with van der Waals surface area (Å²) in [5, 5.41) is 14.0. The molecule has 0 bridgehead atoms. The SMILES string of the molecule is Cc1c(-c2cccc(Cl)c2Cl)[nH]c(C(=O)O)c(N2CCC3(CCC[C@H]3NC(=O)OC(C)(C)C)CC2)c1=S. The lowest BCUT2D eigenvalue weighted by Crippen LogP contribution is -2.51. The summed E-state index contributed by atoms with van der Waals surface area (Å²) in [6, 6.07) is 5.27. The Kier molecular flexibility index (Phi) is 7.84. The molecule has 200 valence electrons. The number of carbonyl (C=O) groups is 2. The molecule has 0 unspecified atom stereocenters. The number of hydrogen-bond acceptors (Lipinski definition) is 5. The maximum absolute atomic E-state index is 12.5. The van der Waals surface area contributed by atoms with E-state index in [0.717, 1.165) is 37.7 Å². The van der Waals surface area contributed by atoms with Crippen LogP contribution in [0.4, 0.5) is 10.5 Å². The van der Waals surface area contributed by atoms with Crippen molar-refractivity contribution < 1.29 is 19.4 Å². The molecule has 1 atom stereocenters. The molecule has 3 N–H and O–H groups in total. The summed E-state index contributed by atoms with van der Waals surface area (Å²) in [6.45, 7) is 8.71. The molecule has 10 heteroatoms. The number of aromatic nitrogens is 1. The number of H-pyrrole nitrogens is 1. The summed E-state index contributed by atoms with van der Waals surface area (Å²) in [4.78, 5) is 30.0. The zero-order valence-electron chi connectivity index (χ0n) is 21.5. The fourth-order valence-corrected chi connectivity index (χ4v) is 6.42. The monoisotopic (exact) mass is 565 g/mol. The van der Waals surface area contributed by atoms with Crippen molar-refractivity contribution in [3.05, 3.63) is 44.0 Å². The first-order valence-corrected chi connectivity index (χ1v) is 13.7. The third kappa shape index (κ3) is 5.61. The number of pyridine rings is 1. The Labute approximate surface area is 232 Å². The summed E-state index contributed by atoms with van der Waals surface area (Å²) < 4.78 is 5.98. The fraction of sp³-hybridized carbons (Fsp3) is 0.519. The van der Waals surface area contributed by atoms with Crippen molar-refractivity contribution in [2.45, 2.75) is 71.4 Å². The van der Waals surface area contributed by atoms with Gasteiger partial charge < -0.3 is 25.0 Å². The van der Waals surface area contributed by atoms with Gasteiger partial charge in [-0.2, -0.15) is 0 Å². The average molecular weight is 567 g/mol. The number of piperidine rings is 1. The van der Waals surface area contributed by atoms with Crippen LogP contribution in [0.5, 0.6) is 0 Å². The van der Waals surface area contributed by atoms with Crippen molar-refractivity contribution in [1.82, 2.24) is 10.3 Å². The summed E-state index contributed by atoms with van der Waals surface area (Å²) in [5.74, 6) is -1.09. The number of carbonyl (C=O) groups excluding carboxylic acids is 1. The van der Waals surface area contributed by atoms with Crippen LogP contribution < -0.4 is 10.2 Å². The third-order valence-corrected chi connectivity index (χ3v) is 8.84. The van der Waals surface area contributed by atoms with Gasteiger partial charge in [-0.3, -0.25) is 0 Å². The number of nitrogens with one attached hydrogen (secondary N) is 2. The fourth-order valence-electron chi connectivity index (χ4n) is 5.69. The van der Waals surface area contributed by atoms with E-state index < -0.39 is 11.6 Å². The van der Waals surface area contributed by atoms with Gasteiger partial charge >= 0.3 is 12.1 Å². The van der Waals surface area contributed by atoms with Crippen LogP contribution in [-0.2, 0) is 4.74 Å². The number of ether oxygens (including phenoxy) is 1. The lowest BCUT2D eigenvalue weighted by atomic mass is 9.74. The molecule has 0 radical (unpaired) electrons. The van der Waals surface area contributed by atoms with Crippen LogP contribution in [0.1, 0.15) is 68.9 Å². The van der Waals surface area contributed by atoms with E-state index >= 15 is 0 Å². The molecule has 2 aromatic rings. The lowest BCUT2D eigenvalue weighted by Gasteiger charge is -2.44. The van der Waals surface area contributed by atoms with Crippen LogP contribution in [0.2, 0.25) is 10.0 Å². The Morgan fingerprint density at radius 3 is 2.51 bits per heavy atom. The van der Waals surface area contributed by atoms with E-state index in [4.69, 9.17) is 40.2 Å². The minimum atomic E-state index is -1.09. The summed E-state index contributed by atoms with van der Waals surface area (Å²) in [7, 11) is 0. The Morgan fingerprint density at radius 1 is 1.22 bits per heavy atom. The van der Waals surface area contributed by atoms with Crippen molar-refractivity contribution >= 4 is 53.2 Å². The maximum atomic E-state index is 12.5. The Bertz CT molecular complexity index is 1280. The number of benzene rings is 1. The molecule has 7 nitrogen and oxygen atoms in total. The van der Waals surface area contributed by atoms with Gasteiger partial charge in [0.2, 0.25) is 0 Å². The summed E-state index contributed by atoms with van der Waals surface area (Å²) in [5.41, 5.74) is 1.85. The molecule has 1 saturated heterocycles. The Morgan fingerprint density at radius 2 is 1.89 bits per heavy atom. The number of aromatic carboxylic acids is 1. The molecular weight excluding hydrogens is 533 g/mol. The predicted molar refractivity (Wildman–Crippen MR) is 150 cm³/mol.